The first-order valence-electron chi connectivity index (χ1n) is 5.89. The Hall–Kier alpha value is -0.840. The van der Waals surface area contributed by atoms with E-state index in [1.807, 2.05) is 25.1 Å². The Bertz CT molecular complexity index is 415. The molecule has 0 saturated heterocycles. The molecule has 0 aromatic carbocycles. The van der Waals surface area contributed by atoms with Gasteiger partial charge in [-0.15, -0.1) is 11.3 Å². The molecule has 0 unspecified atom stereocenters. The van der Waals surface area contributed by atoms with E-state index in [-0.39, 0.29) is 5.97 Å². The fourth-order valence-corrected chi connectivity index (χ4v) is 2.59. The zero-order valence-electron chi connectivity index (χ0n) is 10.7. The highest BCUT2D eigenvalue weighted by Gasteiger charge is 2.05. The fraction of sp³-hybridized carbons (Fsp3) is 0.462. The van der Waals surface area contributed by atoms with Crippen LogP contribution < -0.4 is 5.32 Å². The van der Waals surface area contributed by atoms with Crippen LogP contribution in [0.15, 0.2) is 23.8 Å². The molecule has 0 aliphatic heterocycles. The van der Waals surface area contributed by atoms with Gasteiger partial charge in [-0.2, -0.15) is 0 Å². The summed E-state index contributed by atoms with van der Waals surface area (Å²) in [5.41, 5.74) is 0.712. The predicted octanol–water partition coefficient (Wildman–Crippen LogP) is 3.04. The number of methoxy groups -OCH3 is 1. The van der Waals surface area contributed by atoms with E-state index in [1.54, 1.807) is 11.3 Å². The second-order valence-electron chi connectivity index (χ2n) is 3.73. The minimum absolute atomic E-state index is 0.246. The maximum absolute atomic E-state index is 11.3. The lowest BCUT2D eigenvalue weighted by atomic mass is 10.2. The third-order valence-corrected chi connectivity index (χ3v) is 3.79. The van der Waals surface area contributed by atoms with Crippen LogP contribution in [0.3, 0.4) is 0 Å². The monoisotopic (exact) mass is 287 g/mol. The van der Waals surface area contributed by atoms with Gasteiger partial charge in [0.05, 0.1) is 11.4 Å². The first kappa shape index (κ1) is 15.2. The number of thiophene rings is 1. The molecule has 18 heavy (non-hydrogen) atoms. The van der Waals surface area contributed by atoms with Crippen molar-refractivity contribution in [2.75, 3.05) is 20.2 Å². The van der Waals surface area contributed by atoms with Crippen LogP contribution >= 0.6 is 22.9 Å². The van der Waals surface area contributed by atoms with Gasteiger partial charge in [-0.25, -0.2) is 4.79 Å². The van der Waals surface area contributed by atoms with Crippen molar-refractivity contribution in [1.82, 2.24) is 5.32 Å². The van der Waals surface area contributed by atoms with Crippen molar-refractivity contribution in [2.45, 2.75) is 19.8 Å². The molecular formula is C13H18ClNO2S. The molecule has 0 aliphatic carbocycles. The van der Waals surface area contributed by atoms with Crippen molar-refractivity contribution >= 4 is 28.9 Å². The zero-order chi connectivity index (χ0) is 13.4. The normalized spacial score (nSPS) is 11.6. The van der Waals surface area contributed by atoms with Gasteiger partial charge in [0, 0.05) is 23.5 Å². The standard InChI is InChI=1S/C13H18ClNO2S/c1-3-10(13(16)17-2)6-8-15-9-7-11-4-5-12(14)18-11/h4-6,15H,3,7-9H2,1-2H3/b10-6-. The van der Waals surface area contributed by atoms with Gasteiger partial charge in [0.15, 0.2) is 0 Å². The van der Waals surface area contributed by atoms with Gasteiger partial charge in [0.25, 0.3) is 0 Å². The summed E-state index contributed by atoms with van der Waals surface area (Å²) >= 11 is 7.45. The number of nitrogens with one attached hydrogen (secondary N) is 1. The Morgan fingerprint density at radius 3 is 2.89 bits per heavy atom. The van der Waals surface area contributed by atoms with Crippen molar-refractivity contribution in [3.05, 3.63) is 33.0 Å². The molecule has 0 atom stereocenters. The maximum atomic E-state index is 11.3. The molecule has 1 aromatic heterocycles. The molecule has 0 aliphatic rings. The highest BCUT2D eigenvalue weighted by atomic mass is 35.5. The van der Waals surface area contributed by atoms with E-state index in [1.165, 1.54) is 12.0 Å². The predicted molar refractivity (Wildman–Crippen MR) is 76.3 cm³/mol. The number of hydrogen-bond donors (Lipinski definition) is 1. The topological polar surface area (TPSA) is 38.3 Å². The third-order valence-electron chi connectivity index (χ3n) is 2.50. The SMILES string of the molecule is CC/C(=C/CNCCc1ccc(Cl)s1)C(=O)OC. The second-order valence-corrected chi connectivity index (χ2v) is 5.53. The number of carbonyl (C=O) groups is 1. The highest BCUT2D eigenvalue weighted by molar-refractivity contribution is 7.16. The van der Waals surface area contributed by atoms with Gasteiger partial charge in [-0.1, -0.05) is 24.6 Å². The van der Waals surface area contributed by atoms with E-state index in [2.05, 4.69) is 10.1 Å². The maximum Gasteiger partial charge on any atom is 0.333 e. The van der Waals surface area contributed by atoms with E-state index in [0.717, 1.165) is 17.3 Å². The number of halogens is 1. The lowest BCUT2D eigenvalue weighted by molar-refractivity contribution is -0.136. The summed E-state index contributed by atoms with van der Waals surface area (Å²) in [6.07, 6.45) is 3.52. The van der Waals surface area contributed by atoms with Gasteiger partial charge in [-0.3, -0.25) is 0 Å². The summed E-state index contributed by atoms with van der Waals surface area (Å²) < 4.78 is 5.51. The van der Waals surface area contributed by atoms with Crippen LogP contribution in [0, 0.1) is 0 Å². The quantitative estimate of drug-likeness (QED) is 0.476. The van der Waals surface area contributed by atoms with Crippen molar-refractivity contribution in [3.63, 3.8) is 0 Å². The lowest BCUT2D eigenvalue weighted by Gasteiger charge is -2.03. The number of ether oxygens (including phenoxy) is 1. The summed E-state index contributed by atoms with van der Waals surface area (Å²) in [6, 6.07) is 3.95. The molecule has 5 heteroatoms. The van der Waals surface area contributed by atoms with Crippen molar-refractivity contribution in [1.29, 1.82) is 0 Å². The molecule has 0 radical (unpaired) electrons. The molecule has 3 nitrogen and oxygen atoms in total. The Morgan fingerprint density at radius 1 is 1.56 bits per heavy atom. The summed E-state index contributed by atoms with van der Waals surface area (Å²) in [5, 5.41) is 3.27. The summed E-state index contributed by atoms with van der Waals surface area (Å²) in [7, 11) is 1.40. The smallest absolute Gasteiger partial charge is 0.333 e. The number of rotatable bonds is 7. The Labute approximate surface area is 117 Å². The molecule has 1 rings (SSSR count). The van der Waals surface area contributed by atoms with Crippen molar-refractivity contribution in [2.24, 2.45) is 0 Å². The van der Waals surface area contributed by atoms with E-state index in [0.29, 0.717) is 18.5 Å². The van der Waals surface area contributed by atoms with E-state index >= 15 is 0 Å². The van der Waals surface area contributed by atoms with Crippen molar-refractivity contribution < 1.29 is 9.53 Å². The molecule has 0 saturated carbocycles. The summed E-state index contributed by atoms with van der Waals surface area (Å²) in [6.45, 7) is 3.49. The van der Waals surface area contributed by atoms with E-state index in [4.69, 9.17) is 11.6 Å². The Balaban J connectivity index is 2.25. The molecule has 100 valence electrons. The van der Waals surface area contributed by atoms with Crippen LogP contribution in [-0.2, 0) is 16.0 Å². The van der Waals surface area contributed by atoms with E-state index in [9.17, 15) is 4.79 Å². The average molecular weight is 288 g/mol. The number of esters is 1. The molecule has 1 aromatic rings. The van der Waals surface area contributed by atoms with Gasteiger partial charge in [0.2, 0.25) is 0 Å². The molecule has 0 spiro atoms. The minimum atomic E-state index is -0.246. The van der Waals surface area contributed by atoms with Crippen LogP contribution in [0.5, 0.6) is 0 Å². The highest BCUT2D eigenvalue weighted by Crippen LogP contribution is 2.21. The van der Waals surface area contributed by atoms with Crippen LogP contribution in [-0.4, -0.2) is 26.2 Å². The average Bonchev–Trinajstić information content (AvgIpc) is 2.78. The molecule has 0 fully saturated rings. The van der Waals surface area contributed by atoms with Gasteiger partial charge in [0.1, 0.15) is 0 Å². The van der Waals surface area contributed by atoms with Crippen molar-refractivity contribution in [3.8, 4) is 0 Å². The molecule has 0 amide bonds. The zero-order valence-corrected chi connectivity index (χ0v) is 12.2. The van der Waals surface area contributed by atoms with Gasteiger partial charge < -0.3 is 10.1 Å². The van der Waals surface area contributed by atoms with Gasteiger partial charge in [-0.05, 0) is 25.0 Å². The van der Waals surface area contributed by atoms with Crippen LogP contribution in [0.25, 0.3) is 0 Å². The molecule has 1 N–H and O–H groups in total. The first-order chi connectivity index (χ1) is 8.67. The Morgan fingerprint density at radius 2 is 2.33 bits per heavy atom. The number of carbonyl (C=O) groups excluding carboxylic acids is 1. The third kappa shape index (κ3) is 5.21. The lowest BCUT2D eigenvalue weighted by Crippen LogP contribution is -2.18. The van der Waals surface area contributed by atoms with Crippen LogP contribution in [0.2, 0.25) is 4.34 Å². The molecule has 1 heterocycles. The number of hydrogen-bond acceptors (Lipinski definition) is 4. The minimum Gasteiger partial charge on any atom is -0.466 e. The summed E-state index contributed by atoms with van der Waals surface area (Å²) in [4.78, 5) is 12.6. The second kappa shape index (κ2) is 8.29. The van der Waals surface area contributed by atoms with Crippen LogP contribution in [0.4, 0.5) is 0 Å². The fourth-order valence-electron chi connectivity index (χ4n) is 1.50. The first-order valence-corrected chi connectivity index (χ1v) is 7.09. The largest absolute Gasteiger partial charge is 0.466 e. The Kier molecular flexibility index (Phi) is 7.01. The van der Waals surface area contributed by atoms with Gasteiger partial charge >= 0.3 is 5.97 Å². The molecule has 0 bridgehead atoms. The van der Waals surface area contributed by atoms with E-state index < -0.39 is 0 Å². The summed E-state index contributed by atoms with van der Waals surface area (Å²) in [5.74, 6) is -0.246. The van der Waals surface area contributed by atoms with Crippen LogP contribution in [0.1, 0.15) is 18.2 Å². The molecular weight excluding hydrogens is 270 g/mol.